The summed E-state index contributed by atoms with van der Waals surface area (Å²) in [7, 11) is 0. The van der Waals surface area contributed by atoms with Gasteiger partial charge >= 0.3 is 6.03 Å². The maximum absolute atomic E-state index is 12.2. The van der Waals surface area contributed by atoms with Crippen LogP contribution in [-0.2, 0) is 0 Å². The third-order valence-corrected chi connectivity index (χ3v) is 3.63. The maximum Gasteiger partial charge on any atom is 0.317 e. The van der Waals surface area contributed by atoms with E-state index in [4.69, 9.17) is 4.52 Å². The van der Waals surface area contributed by atoms with Gasteiger partial charge in [-0.25, -0.2) is 4.79 Å². The number of amides is 2. The van der Waals surface area contributed by atoms with Crippen molar-refractivity contribution in [2.75, 3.05) is 13.1 Å². The van der Waals surface area contributed by atoms with Crippen LogP contribution in [0, 0.1) is 5.92 Å². The predicted octanol–water partition coefficient (Wildman–Crippen LogP) is 3.30. The van der Waals surface area contributed by atoms with Crippen molar-refractivity contribution in [3.8, 4) is 0 Å². The molecule has 0 radical (unpaired) electrons. The van der Waals surface area contributed by atoms with Gasteiger partial charge in [-0.1, -0.05) is 32.9 Å². The molecule has 2 rings (SSSR count). The van der Waals surface area contributed by atoms with E-state index in [9.17, 15) is 4.79 Å². The van der Waals surface area contributed by atoms with Crippen LogP contribution >= 0.6 is 0 Å². The normalized spacial score (nSPS) is 19.1. The van der Waals surface area contributed by atoms with Crippen molar-refractivity contribution in [1.29, 1.82) is 0 Å². The summed E-state index contributed by atoms with van der Waals surface area (Å²) >= 11 is 0. The number of carbonyl (C=O) groups is 1. The molecule has 1 N–H and O–H groups in total. The van der Waals surface area contributed by atoms with Gasteiger partial charge in [0.05, 0.1) is 6.04 Å². The van der Waals surface area contributed by atoms with Crippen molar-refractivity contribution >= 4 is 6.03 Å². The molecular weight excluding hydrogens is 254 g/mol. The average molecular weight is 279 g/mol. The SMILES string of the molecule is CC(C)CNC(=O)N1CCC[C@@H]1c1cc(C(C)C)on1. The minimum atomic E-state index is 0.00953. The Morgan fingerprint density at radius 3 is 2.85 bits per heavy atom. The average Bonchev–Trinajstić information content (AvgIpc) is 3.03. The van der Waals surface area contributed by atoms with E-state index in [1.807, 2.05) is 11.0 Å². The summed E-state index contributed by atoms with van der Waals surface area (Å²) in [5.74, 6) is 1.66. The molecule has 1 saturated heterocycles. The standard InChI is InChI=1S/C15H25N3O2/c1-10(2)9-16-15(19)18-7-5-6-13(18)12-8-14(11(3)4)20-17-12/h8,10-11,13H,5-7,9H2,1-4H3,(H,16,19)/t13-/m1/s1. The van der Waals surface area contributed by atoms with Gasteiger partial charge in [0.25, 0.3) is 0 Å². The predicted molar refractivity (Wildman–Crippen MR) is 77.5 cm³/mol. The highest BCUT2D eigenvalue weighted by atomic mass is 16.5. The van der Waals surface area contributed by atoms with Gasteiger partial charge < -0.3 is 14.7 Å². The van der Waals surface area contributed by atoms with Crippen LogP contribution in [0.25, 0.3) is 0 Å². The van der Waals surface area contributed by atoms with Crippen molar-refractivity contribution in [3.05, 3.63) is 17.5 Å². The first-order valence-corrected chi connectivity index (χ1v) is 7.50. The summed E-state index contributed by atoms with van der Waals surface area (Å²) in [6, 6.07) is 2.05. The summed E-state index contributed by atoms with van der Waals surface area (Å²) in [6.45, 7) is 9.83. The van der Waals surface area contributed by atoms with Crippen LogP contribution in [-0.4, -0.2) is 29.2 Å². The number of aromatic nitrogens is 1. The Morgan fingerprint density at radius 2 is 2.25 bits per heavy atom. The molecule has 2 amide bonds. The van der Waals surface area contributed by atoms with E-state index in [0.29, 0.717) is 18.4 Å². The van der Waals surface area contributed by atoms with Crippen LogP contribution in [0.2, 0.25) is 0 Å². The summed E-state index contributed by atoms with van der Waals surface area (Å²) in [5.41, 5.74) is 0.880. The third kappa shape index (κ3) is 3.32. The Hall–Kier alpha value is -1.52. The van der Waals surface area contributed by atoms with E-state index < -0.39 is 0 Å². The van der Waals surface area contributed by atoms with Crippen molar-refractivity contribution in [2.24, 2.45) is 5.92 Å². The van der Waals surface area contributed by atoms with E-state index in [1.165, 1.54) is 0 Å². The Kier molecular flexibility index (Phi) is 4.68. The van der Waals surface area contributed by atoms with E-state index in [2.05, 4.69) is 38.2 Å². The smallest absolute Gasteiger partial charge is 0.317 e. The van der Waals surface area contributed by atoms with Gasteiger partial charge in [0.15, 0.2) is 0 Å². The molecule has 0 aliphatic carbocycles. The van der Waals surface area contributed by atoms with Crippen molar-refractivity contribution in [3.63, 3.8) is 0 Å². The number of hydrogen-bond acceptors (Lipinski definition) is 3. The summed E-state index contributed by atoms with van der Waals surface area (Å²) in [4.78, 5) is 14.1. The van der Waals surface area contributed by atoms with Gasteiger partial charge in [-0.2, -0.15) is 0 Å². The molecule has 2 heterocycles. The molecule has 1 aromatic rings. The second-order valence-corrected chi connectivity index (χ2v) is 6.24. The van der Waals surface area contributed by atoms with Gasteiger partial charge in [-0.15, -0.1) is 0 Å². The van der Waals surface area contributed by atoms with E-state index in [0.717, 1.165) is 30.8 Å². The monoisotopic (exact) mass is 279 g/mol. The fourth-order valence-corrected chi connectivity index (χ4v) is 2.44. The van der Waals surface area contributed by atoms with Crippen LogP contribution in [0.15, 0.2) is 10.6 Å². The van der Waals surface area contributed by atoms with E-state index in [-0.39, 0.29) is 12.1 Å². The second kappa shape index (κ2) is 6.29. The van der Waals surface area contributed by atoms with Crippen LogP contribution in [0.3, 0.4) is 0 Å². The zero-order chi connectivity index (χ0) is 14.7. The van der Waals surface area contributed by atoms with Crippen LogP contribution in [0.4, 0.5) is 4.79 Å². The Balaban J connectivity index is 2.04. The molecule has 0 aromatic carbocycles. The molecule has 5 nitrogen and oxygen atoms in total. The molecule has 0 spiro atoms. The molecule has 1 aliphatic rings. The fraction of sp³-hybridized carbons (Fsp3) is 0.733. The molecule has 0 unspecified atom stereocenters. The number of likely N-dealkylation sites (tertiary alicyclic amines) is 1. The quantitative estimate of drug-likeness (QED) is 0.920. The van der Waals surface area contributed by atoms with Gasteiger partial charge in [-0.3, -0.25) is 0 Å². The summed E-state index contributed by atoms with van der Waals surface area (Å²) in [6.07, 6.45) is 1.98. The molecule has 1 atom stereocenters. The van der Waals surface area contributed by atoms with E-state index >= 15 is 0 Å². The highest BCUT2D eigenvalue weighted by Crippen LogP contribution is 2.32. The lowest BCUT2D eigenvalue weighted by Gasteiger charge is -2.23. The molecule has 0 saturated carbocycles. The largest absolute Gasteiger partial charge is 0.361 e. The molecule has 1 aromatic heterocycles. The van der Waals surface area contributed by atoms with Gasteiger partial charge in [-0.05, 0) is 18.8 Å². The van der Waals surface area contributed by atoms with Crippen LogP contribution < -0.4 is 5.32 Å². The van der Waals surface area contributed by atoms with Gasteiger partial charge in [0, 0.05) is 25.1 Å². The zero-order valence-corrected chi connectivity index (χ0v) is 12.8. The van der Waals surface area contributed by atoms with Crippen molar-refractivity contribution in [2.45, 2.75) is 52.5 Å². The fourth-order valence-electron chi connectivity index (χ4n) is 2.44. The third-order valence-electron chi connectivity index (χ3n) is 3.63. The molecular formula is C15H25N3O2. The topological polar surface area (TPSA) is 58.4 Å². The lowest BCUT2D eigenvalue weighted by molar-refractivity contribution is 0.189. The van der Waals surface area contributed by atoms with Crippen molar-refractivity contribution in [1.82, 2.24) is 15.4 Å². The molecule has 112 valence electrons. The Labute approximate surface area is 120 Å². The van der Waals surface area contributed by atoms with Gasteiger partial charge in [0.2, 0.25) is 0 Å². The number of nitrogens with zero attached hydrogens (tertiary/aromatic N) is 2. The first kappa shape index (κ1) is 14.9. The zero-order valence-electron chi connectivity index (χ0n) is 12.8. The van der Waals surface area contributed by atoms with Crippen LogP contribution in [0.1, 0.15) is 64.0 Å². The Morgan fingerprint density at radius 1 is 1.50 bits per heavy atom. The van der Waals surface area contributed by atoms with Crippen molar-refractivity contribution < 1.29 is 9.32 Å². The minimum Gasteiger partial charge on any atom is -0.361 e. The highest BCUT2D eigenvalue weighted by Gasteiger charge is 2.32. The second-order valence-electron chi connectivity index (χ2n) is 6.24. The lowest BCUT2D eigenvalue weighted by atomic mass is 10.1. The molecule has 1 aliphatic heterocycles. The summed E-state index contributed by atoms with van der Waals surface area (Å²) in [5, 5.41) is 7.13. The maximum atomic E-state index is 12.2. The first-order chi connectivity index (χ1) is 9.49. The van der Waals surface area contributed by atoms with E-state index in [1.54, 1.807) is 0 Å². The number of rotatable bonds is 4. The highest BCUT2D eigenvalue weighted by molar-refractivity contribution is 5.75. The molecule has 0 bridgehead atoms. The number of urea groups is 1. The van der Waals surface area contributed by atoms with Crippen LogP contribution in [0.5, 0.6) is 0 Å². The minimum absolute atomic E-state index is 0.00953. The lowest BCUT2D eigenvalue weighted by Crippen LogP contribution is -2.40. The number of carbonyl (C=O) groups excluding carboxylic acids is 1. The molecule has 5 heteroatoms. The Bertz CT molecular complexity index is 454. The molecule has 20 heavy (non-hydrogen) atoms. The first-order valence-electron chi connectivity index (χ1n) is 7.50. The molecule has 1 fully saturated rings. The van der Waals surface area contributed by atoms with Gasteiger partial charge in [0.1, 0.15) is 11.5 Å². The number of nitrogens with one attached hydrogen (secondary N) is 1. The summed E-state index contributed by atoms with van der Waals surface area (Å²) < 4.78 is 5.36. The number of hydrogen-bond donors (Lipinski definition) is 1.